The molecule has 4 heterocycles. The van der Waals surface area contributed by atoms with Gasteiger partial charge in [-0.25, -0.2) is 13.8 Å². The summed E-state index contributed by atoms with van der Waals surface area (Å²) in [5.74, 6) is 0.600. The summed E-state index contributed by atoms with van der Waals surface area (Å²) in [5.41, 5.74) is 15.3. The summed E-state index contributed by atoms with van der Waals surface area (Å²) in [7, 11) is 0. The van der Waals surface area contributed by atoms with Crippen molar-refractivity contribution in [1.29, 1.82) is 0 Å². The molecule has 2 atom stereocenters. The number of hydrogen-bond acceptors (Lipinski definition) is 6. The maximum Gasteiger partial charge on any atom is 0.229 e. The quantitative estimate of drug-likeness (QED) is 0.673. The largest absolute Gasteiger partial charge is 0.389 e. The van der Waals surface area contributed by atoms with Crippen LogP contribution in [0.2, 0.25) is 0 Å². The third kappa shape index (κ3) is 3.89. The maximum atomic E-state index is 9.62. The normalized spacial score (nSPS) is 21.8. The molecule has 1 fully saturated rings. The first-order valence-electron chi connectivity index (χ1n) is 8.70. The van der Waals surface area contributed by atoms with Crippen molar-refractivity contribution in [2.24, 2.45) is 11.5 Å². The Morgan fingerprint density at radius 1 is 1.39 bits per heavy atom. The highest BCUT2D eigenvalue weighted by atomic mass is 35.5. The summed E-state index contributed by atoms with van der Waals surface area (Å²) in [5, 5.41) is 8.02. The number of fused-ring (bicyclic) bond motifs is 2. The molecule has 0 bridgehead atoms. The van der Waals surface area contributed by atoms with E-state index in [0.717, 1.165) is 41.9 Å². The minimum Gasteiger partial charge on any atom is -0.389 e. The number of alkyl halides is 2. The van der Waals surface area contributed by atoms with Gasteiger partial charge in [-0.05, 0) is 30.7 Å². The molecular formula is C18H22ClF2N7. The number of hydrogen-bond donors (Lipinski definition) is 3. The molecule has 2 aromatic rings. The number of allylic oxidation sites excluding steroid dienone is 1. The number of pyridine rings is 1. The van der Waals surface area contributed by atoms with Gasteiger partial charge in [0, 0.05) is 19.1 Å². The van der Waals surface area contributed by atoms with Crippen LogP contribution in [0.25, 0.3) is 17.1 Å². The van der Waals surface area contributed by atoms with Gasteiger partial charge in [0.15, 0.2) is 0 Å². The Morgan fingerprint density at radius 3 is 2.82 bits per heavy atom. The summed E-state index contributed by atoms with van der Waals surface area (Å²) >= 11 is 5.87. The highest BCUT2D eigenvalue weighted by Crippen LogP contribution is 2.34. The summed E-state index contributed by atoms with van der Waals surface area (Å²) in [6, 6.07) is 4.55. The zero-order chi connectivity index (χ0) is 20.3. The Hall–Kier alpha value is -2.81. The van der Waals surface area contributed by atoms with Crippen LogP contribution in [0.4, 0.5) is 8.78 Å². The fraction of sp³-hybridized carbons (Fsp3) is 0.333. The predicted octanol–water partition coefficient (Wildman–Crippen LogP) is 2.34. The minimum atomic E-state index is -1.75. The molecule has 7 nitrogen and oxygen atoms in total. The highest BCUT2D eigenvalue weighted by Gasteiger charge is 2.37. The van der Waals surface area contributed by atoms with Gasteiger partial charge in [-0.2, -0.15) is 5.10 Å². The van der Waals surface area contributed by atoms with E-state index in [1.165, 1.54) is 0 Å². The van der Waals surface area contributed by atoms with E-state index in [2.05, 4.69) is 31.6 Å². The maximum absolute atomic E-state index is 9.62. The summed E-state index contributed by atoms with van der Waals surface area (Å²) in [4.78, 5) is 6.80. The number of nitrogens with two attached hydrogens (primary N) is 2. The zero-order valence-corrected chi connectivity index (χ0v) is 15.9. The third-order valence-electron chi connectivity index (χ3n) is 4.81. The molecule has 2 aromatic heterocycles. The molecule has 0 radical (unpaired) electrons. The van der Waals surface area contributed by atoms with Gasteiger partial charge in [-0.3, -0.25) is 4.68 Å². The van der Waals surface area contributed by atoms with Crippen molar-refractivity contribution >= 4 is 28.7 Å². The Bertz CT molecular complexity index is 920. The van der Waals surface area contributed by atoms with Crippen molar-refractivity contribution < 1.29 is 8.78 Å². The van der Waals surface area contributed by atoms with E-state index in [1.54, 1.807) is 18.3 Å². The van der Waals surface area contributed by atoms with Crippen molar-refractivity contribution in [2.45, 2.75) is 18.5 Å². The third-order valence-corrected chi connectivity index (χ3v) is 4.92. The van der Waals surface area contributed by atoms with Crippen molar-refractivity contribution in [3.05, 3.63) is 53.4 Å². The van der Waals surface area contributed by atoms with Gasteiger partial charge in [0.25, 0.3) is 0 Å². The SMILES string of the molecule is C=Cc1ccc2c(cnn2C2CC3CNC(N)=C(/C=C(\N)Cl)N3C2)n1.FCF. The monoisotopic (exact) mass is 409 g/mol. The van der Waals surface area contributed by atoms with E-state index in [-0.39, 0.29) is 11.2 Å². The number of halogens is 3. The lowest BCUT2D eigenvalue weighted by Gasteiger charge is -2.33. The van der Waals surface area contributed by atoms with Crippen LogP contribution >= 0.6 is 11.6 Å². The zero-order valence-electron chi connectivity index (χ0n) is 15.2. The van der Waals surface area contributed by atoms with Crippen molar-refractivity contribution in [3.8, 4) is 0 Å². The lowest BCUT2D eigenvalue weighted by Crippen LogP contribution is -2.45. The Morgan fingerprint density at radius 2 is 2.14 bits per heavy atom. The molecule has 0 spiro atoms. The molecule has 5 N–H and O–H groups in total. The molecular weight excluding hydrogens is 388 g/mol. The molecule has 0 amide bonds. The van der Waals surface area contributed by atoms with E-state index in [4.69, 9.17) is 23.1 Å². The van der Waals surface area contributed by atoms with Gasteiger partial charge in [0.1, 0.15) is 16.5 Å². The molecule has 1 saturated heterocycles. The molecule has 28 heavy (non-hydrogen) atoms. The van der Waals surface area contributed by atoms with Crippen LogP contribution in [0, 0.1) is 0 Å². The van der Waals surface area contributed by atoms with Crippen LogP contribution in [0.15, 0.2) is 47.7 Å². The van der Waals surface area contributed by atoms with E-state index < -0.39 is 6.93 Å². The number of rotatable bonds is 3. The highest BCUT2D eigenvalue weighted by molar-refractivity contribution is 6.29. The van der Waals surface area contributed by atoms with Crippen molar-refractivity contribution in [3.63, 3.8) is 0 Å². The van der Waals surface area contributed by atoms with Crippen LogP contribution in [0.5, 0.6) is 0 Å². The lowest BCUT2D eigenvalue weighted by molar-refractivity contribution is 0.293. The molecule has 0 aliphatic carbocycles. The van der Waals surface area contributed by atoms with Crippen LogP contribution in [0.1, 0.15) is 18.2 Å². The number of nitrogens with one attached hydrogen (secondary N) is 1. The Kier molecular flexibility index (Phi) is 6.03. The lowest BCUT2D eigenvalue weighted by atomic mass is 10.1. The number of nitrogens with zero attached hydrogens (tertiary/aromatic N) is 4. The molecule has 2 unspecified atom stereocenters. The molecule has 0 saturated carbocycles. The van der Waals surface area contributed by atoms with E-state index in [9.17, 15) is 8.78 Å². The van der Waals surface area contributed by atoms with Crippen LogP contribution in [-0.4, -0.2) is 45.7 Å². The first kappa shape index (κ1) is 19.9. The minimum absolute atomic E-state index is 0.217. The van der Waals surface area contributed by atoms with E-state index in [1.807, 2.05) is 12.1 Å². The molecule has 2 aliphatic heterocycles. The fourth-order valence-corrected chi connectivity index (χ4v) is 3.78. The van der Waals surface area contributed by atoms with Gasteiger partial charge in [-0.1, -0.05) is 18.2 Å². The van der Waals surface area contributed by atoms with E-state index >= 15 is 0 Å². The van der Waals surface area contributed by atoms with Crippen LogP contribution in [0.3, 0.4) is 0 Å². The summed E-state index contributed by atoms with van der Waals surface area (Å²) in [6.45, 7) is 3.60. The van der Waals surface area contributed by atoms with Crippen molar-refractivity contribution in [2.75, 3.05) is 20.0 Å². The average Bonchev–Trinajstić information content (AvgIpc) is 3.27. The molecule has 10 heteroatoms. The topological polar surface area (TPSA) is 98.0 Å². The molecule has 2 aliphatic rings. The Labute approximate surface area is 166 Å². The molecule has 4 rings (SSSR count). The second-order valence-corrected chi connectivity index (χ2v) is 6.88. The van der Waals surface area contributed by atoms with Gasteiger partial charge in [0.2, 0.25) is 6.93 Å². The first-order valence-corrected chi connectivity index (χ1v) is 9.07. The molecule has 150 valence electrons. The summed E-state index contributed by atoms with van der Waals surface area (Å²) in [6.07, 6.45) is 6.21. The van der Waals surface area contributed by atoms with Gasteiger partial charge < -0.3 is 21.7 Å². The second-order valence-electron chi connectivity index (χ2n) is 6.44. The van der Waals surface area contributed by atoms with Crippen LogP contribution < -0.4 is 16.8 Å². The molecule has 0 aromatic carbocycles. The number of aromatic nitrogens is 3. The first-order chi connectivity index (χ1) is 13.5. The smallest absolute Gasteiger partial charge is 0.229 e. The van der Waals surface area contributed by atoms with Gasteiger partial charge >= 0.3 is 0 Å². The standard InChI is InChI=1S/C17H20ClN7.CH2F2/c1-2-10-3-4-14-13(23-10)8-22-25(14)12-5-11-7-21-17(20)15(6-16(18)19)24(11)9-12;2-1-3/h2-4,6,8,11-12,21H,1,5,7,9,19-20H2;1H2/b16-6-;. The van der Waals surface area contributed by atoms with E-state index in [0.29, 0.717) is 11.9 Å². The second kappa shape index (κ2) is 8.47. The fourth-order valence-electron chi connectivity index (χ4n) is 3.68. The Balaban J connectivity index is 0.000000706. The van der Waals surface area contributed by atoms with Crippen molar-refractivity contribution in [1.82, 2.24) is 25.0 Å². The van der Waals surface area contributed by atoms with Crippen LogP contribution in [-0.2, 0) is 0 Å². The summed E-state index contributed by atoms with van der Waals surface area (Å²) < 4.78 is 21.3. The average molecular weight is 410 g/mol. The van der Waals surface area contributed by atoms with Gasteiger partial charge in [-0.15, -0.1) is 0 Å². The predicted molar refractivity (Wildman–Crippen MR) is 106 cm³/mol. The van der Waals surface area contributed by atoms with Gasteiger partial charge in [0.05, 0.1) is 29.1 Å².